The quantitative estimate of drug-likeness (QED) is 0.690. The molecule has 5 heteroatoms. The van der Waals surface area contributed by atoms with Crippen LogP contribution in [0.4, 0.5) is 12.9 Å². The molecular weight excluding hydrogens is 204 g/mol. The van der Waals surface area contributed by atoms with Gasteiger partial charge in [0.15, 0.2) is 0 Å². The number of carbonyl (C=O) groups is 1. The molecule has 1 aromatic carbocycles. The average molecular weight is 215 g/mol. The van der Waals surface area contributed by atoms with E-state index in [1.165, 1.54) is 0 Å². The van der Waals surface area contributed by atoms with Gasteiger partial charge in [-0.15, -0.1) is 0 Å². The molecule has 0 saturated carbocycles. The summed E-state index contributed by atoms with van der Waals surface area (Å²) in [5, 5.41) is 0. The number of aryl methyl sites for hydroxylation is 1. The second-order valence-corrected chi connectivity index (χ2v) is 3.38. The molecule has 0 heterocycles. The summed E-state index contributed by atoms with van der Waals surface area (Å²) in [6, 6.07) is 9.16. The summed E-state index contributed by atoms with van der Waals surface area (Å²) in [5.41, 5.74) is -0.620. The average Bonchev–Trinajstić information content (AvgIpc) is 2.18. The van der Waals surface area contributed by atoms with Crippen molar-refractivity contribution < 1.29 is 17.7 Å². The molecule has 1 nitrogen and oxygen atoms in total. The first kappa shape index (κ1) is 11.8. The van der Waals surface area contributed by atoms with Gasteiger partial charge in [0.05, 0.1) is 5.68 Å². The second-order valence-electron chi connectivity index (χ2n) is 3.38. The van der Waals surface area contributed by atoms with Gasteiger partial charge in [0, 0.05) is 0 Å². The zero-order valence-corrected chi connectivity index (χ0v) is 8.13. The van der Waals surface area contributed by atoms with Crippen molar-refractivity contribution in [3.63, 3.8) is 0 Å². The summed E-state index contributed by atoms with van der Waals surface area (Å²) in [6.07, 6.45) is 0.362. The SMILES string of the molecule is O=C(CCCc1ccccc1)[B-](F)(F)F. The maximum absolute atomic E-state index is 11.9. The summed E-state index contributed by atoms with van der Waals surface area (Å²) in [5.74, 6) is 0. The molecule has 0 aromatic heterocycles. The van der Waals surface area contributed by atoms with Crippen molar-refractivity contribution in [2.45, 2.75) is 19.3 Å². The summed E-state index contributed by atoms with van der Waals surface area (Å²) >= 11 is 0. The van der Waals surface area contributed by atoms with Crippen LogP contribution in [0, 0.1) is 0 Å². The van der Waals surface area contributed by atoms with E-state index >= 15 is 0 Å². The molecule has 0 atom stereocenters. The number of halogens is 3. The summed E-state index contributed by atoms with van der Waals surface area (Å²) in [4.78, 5) is 10.6. The van der Waals surface area contributed by atoms with E-state index in [4.69, 9.17) is 0 Å². The third-order valence-electron chi connectivity index (χ3n) is 2.10. The van der Waals surface area contributed by atoms with Gasteiger partial charge in [0.1, 0.15) is 0 Å². The van der Waals surface area contributed by atoms with Crippen LogP contribution in [0.5, 0.6) is 0 Å². The molecule has 0 aliphatic rings. The molecule has 0 unspecified atom stereocenters. The van der Waals surface area contributed by atoms with Crippen LogP contribution < -0.4 is 0 Å². The predicted octanol–water partition coefficient (Wildman–Crippen LogP) is 2.97. The normalized spacial score (nSPS) is 11.4. The Bertz CT molecular complexity index is 321. The molecule has 15 heavy (non-hydrogen) atoms. The van der Waals surface area contributed by atoms with Crippen LogP contribution in [-0.2, 0) is 11.2 Å². The lowest BCUT2D eigenvalue weighted by Crippen LogP contribution is -2.29. The van der Waals surface area contributed by atoms with E-state index in [-0.39, 0.29) is 6.42 Å². The minimum Gasteiger partial charge on any atom is -0.443 e. The van der Waals surface area contributed by atoms with Crippen LogP contribution in [-0.4, -0.2) is 12.7 Å². The van der Waals surface area contributed by atoms with Crippen molar-refractivity contribution in [3.8, 4) is 0 Å². The molecule has 0 fully saturated rings. The monoisotopic (exact) mass is 215 g/mol. The van der Waals surface area contributed by atoms with Gasteiger partial charge in [0.2, 0.25) is 0 Å². The van der Waals surface area contributed by atoms with Crippen LogP contribution in [0.3, 0.4) is 0 Å². The number of rotatable bonds is 5. The van der Waals surface area contributed by atoms with Gasteiger partial charge in [-0.2, -0.15) is 0 Å². The van der Waals surface area contributed by atoms with Crippen molar-refractivity contribution in [1.82, 2.24) is 0 Å². The van der Waals surface area contributed by atoms with Gasteiger partial charge >= 0.3 is 6.98 Å². The maximum Gasteiger partial charge on any atom is 0.544 e. The molecule has 1 aromatic rings. The highest BCUT2D eigenvalue weighted by Crippen LogP contribution is 2.14. The minimum absolute atomic E-state index is 0.254. The molecule has 82 valence electrons. The first-order valence-corrected chi connectivity index (χ1v) is 4.77. The molecular formula is C10H11BF3O-. The van der Waals surface area contributed by atoms with E-state index in [0.717, 1.165) is 5.56 Å². The van der Waals surface area contributed by atoms with E-state index < -0.39 is 19.1 Å². The lowest BCUT2D eigenvalue weighted by atomic mass is 9.81. The van der Waals surface area contributed by atoms with E-state index in [9.17, 15) is 17.7 Å². The van der Waals surface area contributed by atoms with Gasteiger partial charge in [-0.05, 0) is 24.8 Å². The molecule has 0 N–H and O–H groups in total. The standard InChI is InChI=1S/C10H11BF3O/c12-11(13,14)10(15)8-4-7-9-5-2-1-3-6-9/h1-3,5-6H,4,7-8H2/q-1. The Labute approximate surface area is 86.4 Å². The molecule has 0 spiro atoms. The van der Waals surface area contributed by atoms with E-state index in [1.54, 1.807) is 0 Å². The van der Waals surface area contributed by atoms with Gasteiger partial charge < -0.3 is 17.7 Å². The maximum atomic E-state index is 11.9. The number of hydrogen-bond acceptors (Lipinski definition) is 1. The Hall–Kier alpha value is -1.26. The predicted molar refractivity (Wildman–Crippen MR) is 53.5 cm³/mol. The summed E-state index contributed by atoms with van der Waals surface area (Å²) < 4.78 is 35.7. The Morgan fingerprint density at radius 2 is 1.73 bits per heavy atom. The van der Waals surface area contributed by atoms with Crippen LogP contribution in [0.2, 0.25) is 0 Å². The third-order valence-corrected chi connectivity index (χ3v) is 2.10. The number of benzene rings is 1. The third kappa shape index (κ3) is 4.19. The molecule has 0 aliphatic carbocycles. The fraction of sp³-hybridized carbons (Fsp3) is 0.300. The number of carbonyl (C=O) groups excluding carboxylic acids is 1. The Balaban J connectivity index is 2.32. The number of hydrogen-bond donors (Lipinski definition) is 0. The molecule has 0 amide bonds. The van der Waals surface area contributed by atoms with Gasteiger partial charge in [0.25, 0.3) is 0 Å². The smallest absolute Gasteiger partial charge is 0.443 e. The molecule has 0 radical (unpaired) electrons. The van der Waals surface area contributed by atoms with Crippen LogP contribution >= 0.6 is 0 Å². The van der Waals surface area contributed by atoms with Gasteiger partial charge in [-0.3, -0.25) is 0 Å². The molecule has 1 rings (SSSR count). The summed E-state index contributed by atoms with van der Waals surface area (Å²) in [7, 11) is 0. The van der Waals surface area contributed by atoms with Crippen molar-refractivity contribution in [3.05, 3.63) is 35.9 Å². The molecule has 0 bridgehead atoms. The first-order valence-electron chi connectivity index (χ1n) is 4.77. The van der Waals surface area contributed by atoms with Crippen LogP contribution in [0.1, 0.15) is 18.4 Å². The largest absolute Gasteiger partial charge is 0.544 e. The van der Waals surface area contributed by atoms with Crippen molar-refractivity contribution in [2.75, 3.05) is 0 Å². The molecule has 0 aliphatic heterocycles. The Morgan fingerprint density at radius 1 is 1.13 bits per heavy atom. The zero-order chi connectivity index (χ0) is 11.3. The lowest BCUT2D eigenvalue weighted by Gasteiger charge is -2.11. The van der Waals surface area contributed by atoms with Crippen molar-refractivity contribution in [2.24, 2.45) is 0 Å². The fourth-order valence-corrected chi connectivity index (χ4v) is 1.28. The Morgan fingerprint density at radius 3 is 2.27 bits per heavy atom. The second kappa shape index (κ2) is 5.00. The van der Waals surface area contributed by atoms with E-state index in [2.05, 4.69) is 0 Å². The highest BCUT2D eigenvalue weighted by molar-refractivity contribution is 6.90. The van der Waals surface area contributed by atoms with Crippen LogP contribution in [0.25, 0.3) is 0 Å². The van der Waals surface area contributed by atoms with Gasteiger partial charge in [-0.1, -0.05) is 30.3 Å². The van der Waals surface area contributed by atoms with E-state index in [0.29, 0.717) is 6.42 Å². The van der Waals surface area contributed by atoms with Crippen molar-refractivity contribution in [1.29, 1.82) is 0 Å². The first-order chi connectivity index (χ1) is 7.00. The van der Waals surface area contributed by atoms with Gasteiger partial charge in [-0.25, -0.2) is 0 Å². The van der Waals surface area contributed by atoms with E-state index in [1.807, 2.05) is 30.3 Å². The molecule has 0 saturated heterocycles. The summed E-state index contributed by atoms with van der Waals surface area (Å²) in [6.45, 7) is -5.29. The fourth-order valence-electron chi connectivity index (χ4n) is 1.28. The Kier molecular flexibility index (Phi) is 3.94. The van der Waals surface area contributed by atoms with Crippen molar-refractivity contribution >= 4 is 12.7 Å². The highest BCUT2D eigenvalue weighted by Gasteiger charge is 2.31. The lowest BCUT2D eigenvalue weighted by molar-refractivity contribution is -0.115. The highest BCUT2D eigenvalue weighted by atomic mass is 19.4. The minimum atomic E-state index is -5.29. The topological polar surface area (TPSA) is 17.1 Å². The van der Waals surface area contributed by atoms with Crippen LogP contribution in [0.15, 0.2) is 30.3 Å². The zero-order valence-electron chi connectivity index (χ0n) is 8.13.